The smallest absolute Gasteiger partial charge is 0.236 e. The molecule has 3 heteroatoms. The number of nitrogens with one attached hydrogen (secondary N) is 2. The molecule has 1 unspecified atom stereocenters. The molecule has 3 rings (SSSR count). The van der Waals surface area contributed by atoms with Crippen LogP contribution in [0.1, 0.15) is 23.1 Å². The summed E-state index contributed by atoms with van der Waals surface area (Å²) in [6.45, 7) is 5.86. The molecule has 1 fully saturated rings. The maximum Gasteiger partial charge on any atom is 0.236 e. The number of benzene rings is 1. The van der Waals surface area contributed by atoms with E-state index < -0.39 is 0 Å². The van der Waals surface area contributed by atoms with Gasteiger partial charge in [0.15, 0.2) is 0 Å². The largest absolute Gasteiger partial charge is 0.325 e. The monoisotopic (exact) mass is 216 g/mol. The second-order valence-corrected chi connectivity index (χ2v) is 4.97. The van der Waals surface area contributed by atoms with Crippen LogP contribution < -0.4 is 10.6 Å². The van der Waals surface area contributed by atoms with Crippen molar-refractivity contribution >= 4 is 11.6 Å². The van der Waals surface area contributed by atoms with Gasteiger partial charge >= 0.3 is 0 Å². The minimum Gasteiger partial charge on any atom is -0.325 e. The average molecular weight is 216 g/mol. The van der Waals surface area contributed by atoms with E-state index in [4.69, 9.17) is 0 Å². The van der Waals surface area contributed by atoms with Crippen LogP contribution >= 0.6 is 0 Å². The van der Waals surface area contributed by atoms with Gasteiger partial charge in [-0.1, -0.05) is 17.7 Å². The van der Waals surface area contributed by atoms with Crippen molar-refractivity contribution in [3.63, 3.8) is 0 Å². The van der Waals surface area contributed by atoms with Crippen molar-refractivity contribution in [3.8, 4) is 0 Å². The van der Waals surface area contributed by atoms with Gasteiger partial charge in [-0.3, -0.25) is 4.79 Å². The van der Waals surface area contributed by atoms with Gasteiger partial charge in [0.25, 0.3) is 0 Å². The summed E-state index contributed by atoms with van der Waals surface area (Å²) < 4.78 is 0. The third-order valence-electron chi connectivity index (χ3n) is 3.82. The fraction of sp³-hybridized carbons (Fsp3) is 0.462. The van der Waals surface area contributed by atoms with Crippen LogP contribution in [0.5, 0.6) is 0 Å². The van der Waals surface area contributed by atoms with Gasteiger partial charge in [-0.2, -0.15) is 0 Å². The van der Waals surface area contributed by atoms with Gasteiger partial charge in [0.1, 0.15) is 0 Å². The third kappa shape index (κ3) is 1.09. The Balaban J connectivity index is 2.24. The quantitative estimate of drug-likeness (QED) is 0.690. The third-order valence-corrected chi connectivity index (χ3v) is 3.82. The van der Waals surface area contributed by atoms with E-state index in [1.165, 1.54) is 16.7 Å². The van der Waals surface area contributed by atoms with Crippen LogP contribution in [0.2, 0.25) is 0 Å². The summed E-state index contributed by atoms with van der Waals surface area (Å²) in [4.78, 5) is 12.2. The number of carbonyl (C=O) groups excluding carboxylic acids is 1. The predicted octanol–water partition coefficient (Wildman–Crippen LogP) is 1.49. The van der Waals surface area contributed by atoms with E-state index in [9.17, 15) is 4.79 Å². The summed E-state index contributed by atoms with van der Waals surface area (Å²) in [5, 5.41) is 6.35. The van der Waals surface area contributed by atoms with Gasteiger partial charge in [-0.15, -0.1) is 0 Å². The molecule has 1 saturated heterocycles. The Labute approximate surface area is 95.2 Å². The second-order valence-electron chi connectivity index (χ2n) is 4.97. The number of fused-ring (bicyclic) bond motifs is 2. The molecule has 2 aliphatic heterocycles. The molecule has 2 N–H and O–H groups in total. The number of anilines is 1. The summed E-state index contributed by atoms with van der Waals surface area (Å²) in [5.74, 6) is 0.168. The normalized spacial score (nSPS) is 27.2. The van der Waals surface area contributed by atoms with E-state index in [1.807, 2.05) is 0 Å². The predicted molar refractivity (Wildman–Crippen MR) is 63.7 cm³/mol. The summed E-state index contributed by atoms with van der Waals surface area (Å²) in [6.07, 6.45) is 0.911. The first-order valence-corrected chi connectivity index (χ1v) is 5.77. The first kappa shape index (κ1) is 9.85. The summed E-state index contributed by atoms with van der Waals surface area (Å²) in [5.41, 5.74) is 4.34. The number of amides is 1. The van der Waals surface area contributed by atoms with Gasteiger partial charge in [0, 0.05) is 12.2 Å². The number of hydrogen-bond acceptors (Lipinski definition) is 2. The maximum absolute atomic E-state index is 12.2. The highest BCUT2D eigenvalue weighted by Crippen LogP contribution is 2.43. The van der Waals surface area contributed by atoms with Gasteiger partial charge in [0.2, 0.25) is 5.91 Å². The lowest BCUT2D eigenvalue weighted by molar-refractivity contribution is -0.120. The van der Waals surface area contributed by atoms with Crippen LogP contribution in [0.15, 0.2) is 12.1 Å². The van der Waals surface area contributed by atoms with Crippen LogP contribution in [0.25, 0.3) is 0 Å². The molecule has 3 nitrogen and oxygen atoms in total. The highest BCUT2D eigenvalue weighted by atomic mass is 16.2. The molecule has 1 aromatic rings. The number of rotatable bonds is 0. The van der Waals surface area contributed by atoms with Crippen LogP contribution in [-0.4, -0.2) is 19.0 Å². The molecule has 0 bridgehead atoms. The van der Waals surface area contributed by atoms with E-state index in [0.717, 1.165) is 25.2 Å². The Bertz CT molecular complexity index is 473. The van der Waals surface area contributed by atoms with E-state index >= 15 is 0 Å². The molecule has 16 heavy (non-hydrogen) atoms. The zero-order valence-electron chi connectivity index (χ0n) is 9.68. The van der Waals surface area contributed by atoms with Crippen LogP contribution in [0.4, 0.5) is 5.69 Å². The van der Waals surface area contributed by atoms with Crippen molar-refractivity contribution in [2.24, 2.45) is 0 Å². The highest BCUT2D eigenvalue weighted by Gasteiger charge is 2.49. The Morgan fingerprint density at radius 1 is 1.31 bits per heavy atom. The lowest BCUT2D eigenvalue weighted by atomic mass is 9.80. The number of carbonyl (C=O) groups is 1. The molecule has 1 aromatic carbocycles. The Kier molecular flexibility index (Phi) is 1.89. The molecule has 1 spiro atoms. The molecule has 0 saturated carbocycles. The maximum atomic E-state index is 12.2. The minimum atomic E-state index is -0.299. The Morgan fingerprint density at radius 3 is 2.81 bits per heavy atom. The van der Waals surface area contributed by atoms with E-state index in [-0.39, 0.29) is 11.3 Å². The summed E-state index contributed by atoms with van der Waals surface area (Å²) in [6, 6.07) is 4.29. The number of aryl methyl sites for hydroxylation is 2. The minimum absolute atomic E-state index is 0.168. The molecule has 1 atom stereocenters. The SMILES string of the molecule is Cc1cc(C)c2c(c1)C1(CCNC1)C(=O)N2. The fourth-order valence-corrected chi connectivity index (χ4v) is 2.98. The molecular weight excluding hydrogens is 200 g/mol. The molecule has 0 aromatic heterocycles. The molecular formula is C13H16N2O. The fourth-order valence-electron chi connectivity index (χ4n) is 2.98. The zero-order valence-corrected chi connectivity index (χ0v) is 9.68. The lowest BCUT2D eigenvalue weighted by Crippen LogP contribution is -2.36. The van der Waals surface area contributed by atoms with Crippen molar-refractivity contribution in [2.75, 3.05) is 18.4 Å². The summed E-state index contributed by atoms with van der Waals surface area (Å²) >= 11 is 0. The zero-order chi connectivity index (χ0) is 11.3. The van der Waals surface area contributed by atoms with Crippen molar-refractivity contribution in [2.45, 2.75) is 25.7 Å². The van der Waals surface area contributed by atoms with Gasteiger partial charge in [0.05, 0.1) is 5.41 Å². The standard InChI is InChI=1S/C13H16N2O/c1-8-5-9(2)11-10(6-8)13(12(16)15-11)3-4-14-7-13/h5-6,14H,3-4,7H2,1-2H3,(H,15,16). The first-order chi connectivity index (χ1) is 7.63. The van der Waals surface area contributed by atoms with Gasteiger partial charge in [-0.05, 0) is 37.9 Å². The van der Waals surface area contributed by atoms with Crippen molar-refractivity contribution in [1.82, 2.24) is 5.32 Å². The molecule has 84 valence electrons. The van der Waals surface area contributed by atoms with Crippen molar-refractivity contribution < 1.29 is 4.79 Å². The summed E-state index contributed by atoms with van der Waals surface area (Å²) in [7, 11) is 0. The molecule has 2 heterocycles. The molecule has 2 aliphatic rings. The van der Waals surface area contributed by atoms with Gasteiger partial charge < -0.3 is 10.6 Å². The number of hydrogen-bond donors (Lipinski definition) is 2. The van der Waals surface area contributed by atoms with Crippen molar-refractivity contribution in [1.29, 1.82) is 0 Å². The van der Waals surface area contributed by atoms with Crippen molar-refractivity contribution in [3.05, 3.63) is 28.8 Å². The van der Waals surface area contributed by atoms with Crippen LogP contribution in [-0.2, 0) is 10.2 Å². The van der Waals surface area contributed by atoms with Crippen LogP contribution in [0.3, 0.4) is 0 Å². The first-order valence-electron chi connectivity index (χ1n) is 5.77. The van der Waals surface area contributed by atoms with E-state index in [2.05, 4.69) is 36.6 Å². The van der Waals surface area contributed by atoms with E-state index in [1.54, 1.807) is 0 Å². The highest BCUT2D eigenvalue weighted by molar-refractivity contribution is 6.07. The van der Waals surface area contributed by atoms with Gasteiger partial charge in [-0.25, -0.2) is 0 Å². The average Bonchev–Trinajstić information content (AvgIpc) is 2.79. The second kappa shape index (κ2) is 3.08. The Hall–Kier alpha value is -1.35. The Morgan fingerprint density at radius 2 is 2.12 bits per heavy atom. The molecule has 0 radical (unpaired) electrons. The molecule has 0 aliphatic carbocycles. The lowest BCUT2D eigenvalue weighted by Gasteiger charge is -2.20. The van der Waals surface area contributed by atoms with Crippen LogP contribution in [0, 0.1) is 13.8 Å². The molecule has 1 amide bonds. The van der Waals surface area contributed by atoms with E-state index in [0.29, 0.717) is 0 Å². The topological polar surface area (TPSA) is 41.1 Å².